The van der Waals surface area contributed by atoms with Gasteiger partial charge in [0.15, 0.2) is 0 Å². The third kappa shape index (κ3) is 5.90. The van der Waals surface area contributed by atoms with Gasteiger partial charge in [-0.05, 0) is 38.1 Å². The first-order chi connectivity index (χ1) is 10.2. The van der Waals surface area contributed by atoms with Gasteiger partial charge in [-0.15, -0.1) is 0 Å². The van der Waals surface area contributed by atoms with Crippen molar-refractivity contribution < 1.29 is 0 Å². The van der Waals surface area contributed by atoms with Crippen LogP contribution in [0.5, 0.6) is 0 Å². The predicted octanol–water partition coefficient (Wildman–Crippen LogP) is 4.59. The standard InChI is InChI=1S/C19H38N2/c1-16(2)20-14-17(3)15-21(18-10-6-4-7-11-18)19-12-8-5-9-13-19/h16-20H,4-15H2,1-3H3. The molecule has 2 rings (SSSR count). The smallest absolute Gasteiger partial charge is 0.00983 e. The summed E-state index contributed by atoms with van der Waals surface area (Å²) in [6, 6.07) is 2.40. The van der Waals surface area contributed by atoms with Gasteiger partial charge in [-0.25, -0.2) is 0 Å². The van der Waals surface area contributed by atoms with Crippen LogP contribution < -0.4 is 5.32 Å². The Bertz CT molecular complexity index is 247. The molecule has 1 N–H and O–H groups in total. The van der Waals surface area contributed by atoms with Crippen molar-refractivity contribution in [2.75, 3.05) is 13.1 Å². The maximum atomic E-state index is 3.63. The Hall–Kier alpha value is -0.0800. The maximum Gasteiger partial charge on any atom is 0.00983 e. The first-order valence-electron chi connectivity index (χ1n) is 9.66. The molecule has 2 fully saturated rings. The summed E-state index contributed by atoms with van der Waals surface area (Å²) >= 11 is 0. The first-order valence-corrected chi connectivity index (χ1v) is 9.66. The van der Waals surface area contributed by atoms with Gasteiger partial charge in [0.25, 0.3) is 0 Å². The third-order valence-corrected chi connectivity index (χ3v) is 5.48. The molecule has 21 heavy (non-hydrogen) atoms. The minimum atomic E-state index is 0.616. The molecule has 0 aromatic rings. The summed E-state index contributed by atoms with van der Waals surface area (Å²) in [5.74, 6) is 0.774. The molecule has 2 heteroatoms. The molecule has 2 aliphatic rings. The van der Waals surface area contributed by atoms with Crippen LogP contribution in [-0.2, 0) is 0 Å². The second-order valence-electron chi connectivity index (χ2n) is 7.95. The molecule has 0 aromatic carbocycles. The zero-order chi connectivity index (χ0) is 15.1. The summed E-state index contributed by atoms with van der Waals surface area (Å²) < 4.78 is 0. The number of nitrogens with zero attached hydrogens (tertiary/aromatic N) is 1. The fourth-order valence-corrected chi connectivity index (χ4v) is 4.28. The topological polar surface area (TPSA) is 15.3 Å². The molecule has 0 heterocycles. The number of hydrogen-bond acceptors (Lipinski definition) is 2. The highest BCUT2D eigenvalue weighted by atomic mass is 15.2. The van der Waals surface area contributed by atoms with Crippen molar-refractivity contribution in [1.82, 2.24) is 10.2 Å². The molecule has 1 atom stereocenters. The molecule has 1 unspecified atom stereocenters. The van der Waals surface area contributed by atoms with Crippen molar-refractivity contribution in [3.05, 3.63) is 0 Å². The van der Waals surface area contributed by atoms with E-state index >= 15 is 0 Å². The Morgan fingerprint density at radius 2 is 1.29 bits per heavy atom. The average Bonchev–Trinajstić information content (AvgIpc) is 2.52. The summed E-state index contributed by atoms with van der Waals surface area (Å²) in [5.41, 5.74) is 0. The molecule has 0 aliphatic heterocycles. The third-order valence-electron chi connectivity index (χ3n) is 5.48. The molecule has 2 nitrogen and oxygen atoms in total. The largest absolute Gasteiger partial charge is 0.314 e. The van der Waals surface area contributed by atoms with Crippen LogP contribution in [0.4, 0.5) is 0 Å². The van der Waals surface area contributed by atoms with Gasteiger partial charge in [0, 0.05) is 24.7 Å². The van der Waals surface area contributed by atoms with Crippen molar-refractivity contribution in [1.29, 1.82) is 0 Å². The van der Waals surface area contributed by atoms with Gasteiger partial charge in [-0.2, -0.15) is 0 Å². The predicted molar refractivity (Wildman–Crippen MR) is 92.8 cm³/mol. The Morgan fingerprint density at radius 1 is 0.810 bits per heavy atom. The van der Waals surface area contributed by atoms with Gasteiger partial charge in [0.05, 0.1) is 0 Å². The lowest BCUT2D eigenvalue weighted by atomic mass is 9.88. The Kier molecular flexibility index (Phi) is 7.53. The Morgan fingerprint density at radius 3 is 1.71 bits per heavy atom. The lowest BCUT2D eigenvalue weighted by Gasteiger charge is -2.43. The zero-order valence-corrected chi connectivity index (χ0v) is 14.7. The van der Waals surface area contributed by atoms with Crippen LogP contribution in [0.2, 0.25) is 0 Å². The van der Waals surface area contributed by atoms with Gasteiger partial charge in [-0.1, -0.05) is 59.3 Å². The summed E-state index contributed by atoms with van der Waals surface area (Å²) in [6.45, 7) is 9.44. The van der Waals surface area contributed by atoms with Crippen LogP contribution in [0.1, 0.15) is 85.0 Å². The molecule has 0 amide bonds. The SMILES string of the molecule is CC(CNC(C)C)CN(C1CCCCC1)C1CCCCC1. The van der Waals surface area contributed by atoms with E-state index in [0.29, 0.717) is 6.04 Å². The Balaban J connectivity index is 1.90. The van der Waals surface area contributed by atoms with Crippen LogP contribution in [-0.4, -0.2) is 36.1 Å². The van der Waals surface area contributed by atoms with E-state index in [4.69, 9.17) is 0 Å². The second kappa shape index (κ2) is 9.15. The minimum Gasteiger partial charge on any atom is -0.314 e. The van der Waals surface area contributed by atoms with Gasteiger partial charge in [-0.3, -0.25) is 4.90 Å². The first kappa shape index (κ1) is 17.3. The van der Waals surface area contributed by atoms with E-state index in [1.165, 1.54) is 77.3 Å². The lowest BCUT2D eigenvalue weighted by molar-refractivity contribution is 0.0662. The van der Waals surface area contributed by atoms with E-state index in [1.807, 2.05) is 0 Å². The van der Waals surface area contributed by atoms with E-state index in [0.717, 1.165) is 18.0 Å². The highest BCUT2D eigenvalue weighted by Crippen LogP contribution is 2.30. The highest BCUT2D eigenvalue weighted by Gasteiger charge is 2.29. The van der Waals surface area contributed by atoms with Crippen LogP contribution in [0, 0.1) is 5.92 Å². The second-order valence-corrected chi connectivity index (χ2v) is 7.95. The zero-order valence-electron chi connectivity index (χ0n) is 14.7. The van der Waals surface area contributed by atoms with Gasteiger partial charge in [0.2, 0.25) is 0 Å². The number of nitrogens with one attached hydrogen (secondary N) is 1. The van der Waals surface area contributed by atoms with Gasteiger partial charge in [0.1, 0.15) is 0 Å². The van der Waals surface area contributed by atoms with Crippen LogP contribution in [0.25, 0.3) is 0 Å². The molecule has 0 saturated heterocycles. The summed E-state index contributed by atoms with van der Waals surface area (Å²) in [5, 5.41) is 3.63. The summed E-state index contributed by atoms with van der Waals surface area (Å²) in [6.07, 6.45) is 14.6. The average molecular weight is 295 g/mol. The van der Waals surface area contributed by atoms with E-state index in [2.05, 4.69) is 31.0 Å². The van der Waals surface area contributed by atoms with Crippen LogP contribution >= 0.6 is 0 Å². The molecule has 0 aromatic heterocycles. The van der Waals surface area contributed by atoms with Crippen molar-refractivity contribution in [2.24, 2.45) is 5.92 Å². The van der Waals surface area contributed by atoms with E-state index in [9.17, 15) is 0 Å². The van der Waals surface area contributed by atoms with Crippen molar-refractivity contribution in [3.63, 3.8) is 0 Å². The van der Waals surface area contributed by atoms with Gasteiger partial charge < -0.3 is 5.32 Å². The number of rotatable bonds is 7. The maximum absolute atomic E-state index is 3.63. The quantitative estimate of drug-likeness (QED) is 0.739. The summed E-state index contributed by atoms with van der Waals surface area (Å²) in [4.78, 5) is 2.95. The van der Waals surface area contributed by atoms with E-state index in [-0.39, 0.29) is 0 Å². The molecule has 0 bridgehead atoms. The van der Waals surface area contributed by atoms with Gasteiger partial charge >= 0.3 is 0 Å². The summed E-state index contributed by atoms with van der Waals surface area (Å²) in [7, 11) is 0. The fraction of sp³-hybridized carbons (Fsp3) is 1.00. The normalized spacial score (nSPS) is 23.9. The van der Waals surface area contributed by atoms with E-state index in [1.54, 1.807) is 0 Å². The minimum absolute atomic E-state index is 0.616. The molecule has 2 saturated carbocycles. The fourth-order valence-electron chi connectivity index (χ4n) is 4.28. The van der Waals surface area contributed by atoms with Crippen molar-refractivity contribution >= 4 is 0 Å². The molecule has 124 valence electrons. The lowest BCUT2D eigenvalue weighted by Crippen LogP contribution is -2.48. The van der Waals surface area contributed by atoms with Crippen LogP contribution in [0.3, 0.4) is 0 Å². The van der Waals surface area contributed by atoms with Crippen molar-refractivity contribution in [3.8, 4) is 0 Å². The number of hydrogen-bond donors (Lipinski definition) is 1. The highest BCUT2D eigenvalue weighted by molar-refractivity contribution is 4.85. The van der Waals surface area contributed by atoms with Crippen molar-refractivity contribution in [2.45, 2.75) is 103 Å². The van der Waals surface area contributed by atoms with E-state index < -0.39 is 0 Å². The van der Waals surface area contributed by atoms with Crippen LogP contribution in [0.15, 0.2) is 0 Å². The molecular weight excluding hydrogens is 256 g/mol. The monoisotopic (exact) mass is 294 g/mol. The molecule has 0 spiro atoms. The molecule has 0 radical (unpaired) electrons. The molecular formula is C19H38N2. The molecule has 2 aliphatic carbocycles. The Labute approximate surface area is 133 Å².